The van der Waals surface area contributed by atoms with E-state index < -0.39 is 10.0 Å². The van der Waals surface area contributed by atoms with Gasteiger partial charge in [0.05, 0.1) is 9.37 Å². The predicted molar refractivity (Wildman–Crippen MR) is 76.8 cm³/mol. The summed E-state index contributed by atoms with van der Waals surface area (Å²) < 4.78 is 26.8. The largest absolute Gasteiger partial charge is 0.398 e. The number of hydrogen-bond donors (Lipinski definition) is 2. The average Bonchev–Trinajstić information content (AvgIpc) is 2.29. The molecule has 0 unspecified atom stereocenters. The molecule has 3 N–H and O–H groups in total. The van der Waals surface area contributed by atoms with Crippen LogP contribution in [0.5, 0.6) is 0 Å². The maximum Gasteiger partial charge on any atom is 0.241 e. The average molecular weight is 352 g/mol. The molecule has 0 aliphatic rings. The molecule has 1 aromatic rings. The molecule has 0 atom stereocenters. The molecule has 0 saturated heterocycles. The van der Waals surface area contributed by atoms with Gasteiger partial charge in [0, 0.05) is 23.7 Å². The summed E-state index contributed by atoms with van der Waals surface area (Å²) in [5.74, 6) is 2.44. The van der Waals surface area contributed by atoms with E-state index in [1.165, 1.54) is 12.1 Å². The monoisotopic (exact) mass is 350 g/mol. The zero-order valence-electron chi connectivity index (χ0n) is 9.41. The molecule has 0 heterocycles. The first-order chi connectivity index (χ1) is 8.38. The molecule has 0 spiro atoms. The molecule has 7 heteroatoms. The predicted octanol–water partition coefficient (Wildman–Crippen LogP) is 2.38. The summed E-state index contributed by atoms with van der Waals surface area (Å²) in [6, 6.07) is 2.81. The van der Waals surface area contributed by atoms with Crippen molar-refractivity contribution in [1.82, 2.24) is 4.72 Å². The molecule has 0 bridgehead atoms. The number of rotatable bonds is 5. The van der Waals surface area contributed by atoms with E-state index in [1.54, 1.807) is 0 Å². The lowest BCUT2D eigenvalue weighted by Crippen LogP contribution is -2.25. The van der Waals surface area contributed by atoms with E-state index in [0.717, 1.165) is 0 Å². The van der Waals surface area contributed by atoms with Crippen molar-refractivity contribution >= 4 is 43.2 Å². The van der Waals surface area contributed by atoms with Crippen LogP contribution in [0.1, 0.15) is 12.8 Å². The van der Waals surface area contributed by atoms with Gasteiger partial charge in [0.15, 0.2) is 0 Å². The van der Waals surface area contributed by atoms with Gasteiger partial charge in [-0.25, -0.2) is 13.1 Å². The Balaban J connectivity index is 2.96. The van der Waals surface area contributed by atoms with Gasteiger partial charge >= 0.3 is 0 Å². The molecule has 0 aliphatic heterocycles. The van der Waals surface area contributed by atoms with Crippen LogP contribution in [-0.2, 0) is 10.0 Å². The van der Waals surface area contributed by atoms with Crippen LogP contribution >= 0.6 is 27.5 Å². The molecule has 0 amide bonds. The van der Waals surface area contributed by atoms with E-state index in [0.29, 0.717) is 17.3 Å². The van der Waals surface area contributed by atoms with Crippen LogP contribution < -0.4 is 10.5 Å². The number of benzene rings is 1. The molecular weight excluding hydrogens is 340 g/mol. The first-order valence-corrected chi connectivity index (χ1v) is 7.71. The highest BCUT2D eigenvalue weighted by atomic mass is 79.9. The Labute approximate surface area is 120 Å². The number of anilines is 1. The first kappa shape index (κ1) is 15.3. The molecule has 4 nitrogen and oxygen atoms in total. The summed E-state index contributed by atoms with van der Waals surface area (Å²) in [7, 11) is -3.65. The zero-order valence-corrected chi connectivity index (χ0v) is 12.6. The maximum absolute atomic E-state index is 12.0. The van der Waals surface area contributed by atoms with Crippen molar-refractivity contribution < 1.29 is 8.42 Å². The fourth-order valence-corrected chi connectivity index (χ4v) is 3.62. The third kappa shape index (κ3) is 3.89. The van der Waals surface area contributed by atoms with Crippen molar-refractivity contribution in [2.75, 3.05) is 12.3 Å². The Morgan fingerprint density at radius 3 is 2.78 bits per heavy atom. The van der Waals surface area contributed by atoms with E-state index in [-0.39, 0.29) is 22.2 Å². The molecular formula is C11H12BrClN2O2S. The highest BCUT2D eigenvalue weighted by Crippen LogP contribution is 2.31. The first-order valence-electron chi connectivity index (χ1n) is 5.06. The lowest BCUT2D eigenvalue weighted by atomic mass is 10.3. The maximum atomic E-state index is 12.0. The van der Waals surface area contributed by atoms with Gasteiger partial charge in [-0.05, 0) is 34.5 Å². The van der Waals surface area contributed by atoms with Crippen LogP contribution in [-0.4, -0.2) is 15.0 Å². The molecule has 0 aromatic heterocycles. The summed E-state index contributed by atoms with van der Waals surface area (Å²) in [5, 5.41) is 0.264. The summed E-state index contributed by atoms with van der Waals surface area (Å²) in [4.78, 5) is 0.0215. The van der Waals surface area contributed by atoms with Crippen LogP contribution in [0.25, 0.3) is 0 Å². The quantitative estimate of drug-likeness (QED) is 0.486. The molecule has 0 radical (unpaired) electrons. The second-order valence-corrected chi connectivity index (χ2v) is 6.48. The minimum Gasteiger partial charge on any atom is -0.398 e. The number of sulfonamides is 1. The zero-order chi connectivity index (χ0) is 13.8. The summed E-state index contributed by atoms with van der Waals surface area (Å²) in [6.07, 6.45) is 6.17. The van der Waals surface area contributed by atoms with Crippen molar-refractivity contribution in [3.05, 3.63) is 21.6 Å². The topological polar surface area (TPSA) is 72.2 Å². The van der Waals surface area contributed by atoms with Gasteiger partial charge in [0.25, 0.3) is 0 Å². The third-order valence-corrected chi connectivity index (χ3v) is 4.96. The standard InChI is InChI=1S/C11H12BrClN2O2S/c1-2-3-4-5-15-18(16,17)10-7-8(13)6-9(14)11(10)12/h1,6-7,15H,3-5,14H2. The second kappa shape index (κ2) is 6.43. The van der Waals surface area contributed by atoms with Crippen LogP contribution in [0.15, 0.2) is 21.5 Å². The van der Waals surface area contributed by atoms with E-state index in [4.69, 9.17) is 23.8 Å². The minimum atomic E-state index is -3.65. The lowest BCUT2D eigenvalue weighted by molar-refractivity contribution is 0.579. The second-order valence-electron chi connectivity index (χ2n) is 3.51. The van der Waals surface area contributed by atoms with Gasteiger partial charge in [0.2, 0.25) is 10.0 Å². The van der Waals surface area contributed by atoms with Crippen molar-refractivity contribution in [1.29, 1.82) is 0 Å². The number of hydrogen-bond acceptors (Lipinski definition) is 3. The van der Waals surface area contributed by atoms with Gasteiger partial charge in [-0.1, -0.05) is 11.6 Å². The van der Waals surface area contributed by atoms with Gasteiger partial charge in [-0.2, -0.15) is 0 Å². The number of nitrogens with two attached hydrogens (primary N) is 1. The Morgan fingerprint density at radius 1 is 1.50 bits per heavy atom. The van der Waals surface area contributed by atoms with Crippen LogP contribution in [0.2, 0.25) is 5.02 Å². The lowest BCUT2D eigenvalue weighted by Gasteiger charge is -2.10. The summed E-state index contributed by atoms with van der Waals surface area (Å²) in [5.41, 5.74) is 5.91. The van der Waals surface area contributed by atoms with Crippen molar-refractivity contribution in [3.8, 4) is 12.3 Å². The van der Waals surface area contributed by atoms with E-state index in [1.807, 2.05) is 0 Å². The minimum absolute atomic E-state index is 0.0215. The molecule has 0 aliphatic carbocycles. The van der Waals surface area contributed by atoms with Crippen molar-refractivity contribution in [2.45, 2.75) is 17.7 Å². The Kier molecular flexibility index (Phi) is 5.47. The van der Waals surface area contributed by atoms with Gasteiger partial charge in [-0.3, -0.25) is 0 Å². The third-order valence-electron chi connectivity index (χ3n) is 2.11. The number of halogens is 2. The van der Waals surface area contributed by atoms with E-state index >= 15 is 0 Å². The highest BCUT2D eigenvalue weighted by Gasteiger charge is 2.19. The number of terminal acetylenes is 1. The van der Waals surface area contributed by atoms with Crippen LogP contribution in [0, 0.1) is 12.3 Å². The number of unbranched alkanes of at least 4 members (excludes halogenated alkanes) is 1. The van der Waals surface area contributed by atoms with E-state index in [2.05, 4.69) is 26.6 Å². The summed E-state index contributed by atoms with van der Waals surface area (Å²) >= 11 is 8.93. The number of nitrogen functional groups attached to an aromatic ring is 1. The smallest absolute Gasteiger partial charge is 0.241 e. The van der Waals surface area contributed by atoms with Crippen molar-refractivity contribution in [2.24, 2.45) is 0 Å². The Hall–Kier alpha value is -0.740. The molecule has 0 saturated carbocycles. The van der Waals surface area contributed by atoms with Gasteiger partial charge < -0.3 is 5.73 Å². The molecule has 18 heavy (non-hydrogen) atoms. The van der Waals surface area contributed by atoms with Gasteiger partial charge in [0.1, 0.15) is 0 Å². The molecule has 1 rings (SSSR count). The molecule has 0 fully saturated rings. The van der Waals surface area contributed by atoms with Crippen LogP contribution in [0.3, 0.4) is 0 Å². The Morgan fingerprint density at radius 2 is 2.17 bits per heavy atom. The fraction of sp³-hybridized carbons (Fsp3) is 0.273. The Bertz CT molecular complexity index is 581. The normalized spacial score (nSPS) is 11.2. The SMILES string of the molecule is C#CCCCNS(=O)(=O)c1cc(Cl)cc(N)c1Br. The summed E-state index contributed by atoms with van der Waals surface area (Å²) in [6.45, 7) is 0.269. The molecule has 1 aromatic carbocycles. The van der Waals surface area contributed by atoms with Gasteiger partial charge in [-0.15, -0.1) is 12.3 Å². The fourth-order valence-electron chi connectivity index (χ4n) is 1.25. The van der Waals surface area contributed by atoms with E-state index in [9.17, 15) is 8.42 Å². The highest BCUT2D eigenvalue weighted by molar-refractivity contribution is 9.10. The van der Waals surface area contributed by atoms with Crippen molar-refractivity contribution in [3.63, 3.8) is 0 Å². The number of nitrogens with one attached hydrogen (secondary N) is 1. The molecule has 98 valence electrons. The van der Waals surface area contributed by atoms with Crippen LogP contribution in [0.4, 0.5) is 5.69 Å².